The molecule has 9 heteroatoms. The fourth-order valence-electron chi connectivity index (χ4n) is 5.95. The first-order chi connectivity index (χ1) is 18.5. The van der Waals surface area contributed by atoms with Crippen LogP contribution < -0.4 is 0 Å². The summed E-state index contributed by atoms with van der Waals surface area (Å²) in [5.41, 5.74) is 1.08. The highest BCUT2D eigenvalue weighted by Crippen LogP contribution is 2.49. The minimum atomic E-state index is -1.49. The smallest absolute Gasteiger partial charge is 0.339 e. The van der Waals surface area contributed by atoms with E-state index in [0.29, 0.717) is 18.0 Å². The SMILES string of the molecule is CO[C@]12C=C[C@](C)(O1)[C@@H](OC(=O)/C=C/c1cn(C)cn1)C[C@H]1C(C)=CC[C@H](C(C)C)[C@H]1/C=C\2C(=O)OCCCl. The van der Waals surface area contributed by atoms with Gasteiger partial charge in [0.05, 0.1) is 23.5 Å². The van der Waals surface area contributed by atoms with E-state index in [1.165, 1.54) is 18.8 Å². The predicted octanol–water partition coefficient (Wildman–Crippen LogP) is 5.00. The summed E-state index contributed by atoms with van der Waals surface area (Å²) in [6, 6.07) is 0. The number of allylic oxidation sites excluding steroid dienone is 3. The average molecular weight is 559 g/mol. The lowest BCUT2D eigenvalue weighted by Gasteiger charge is -2.41. The number of methoxy groups -OCH3 is 1. The highest BCUT2D eigenvalue weighted by atomic mass is 35.5. The number of imidazole rings is 1. The fourth-order valence-corrected chi connectivity index (χ4v) is 6.03. The third-order valence-electron chi connectivity index (χ3n) is 8.17. The van der Waals surface area contributed by atoms with Gasteiger partial charge in [-0.25, -0.2) is 14.6 Å². The molecule has 3 heterocycles. The van der Waals surface area contributed by atoms with Gasteiger partial charge in [0, 0.05) is 26.4 Å². The number of carbonyl (C=O) groups excluding carboxylic acids is 2. The second-order valence-electron chi connectivity index (χ2n) is 11.1. The van der Waals surface area contributed by atoms with Gasteiger partial charge in [-0.3, -0.25) is 0 Å². The molecule has 1 aromatic heterocycles. The second kappa shape index (κ2) is 11.8. The van der Waals surface area contributed by atoms with Crippen LogP contribution in [0.25, 0.3) is 6.08 Å². The van der Waals surface area contributed by atoms with Crippen molar-refractivity contribution in [1.29, 1.82) is 0 Å². The molecule has 0 saturated carbocycles. The van der Waals surface area contributed by atoms with Gasteiger partial charge in [0.1, 0.15) is 18.3 Å². The van der Waals surface area contributed by atoms with Gasteiger partial charge in [0.15, 0.2) is 0 Å². The summed E-state index contributed by atoms with van der Waals surface area (Å²) in [5.74, 6) is -1.73. The molecule has 2 bridgehead atoms. The largest absolute Gasteiger partial charge is 0.461 e. The molecule has 6 atom stereocenters. The van der Waals surface area contributed by atoms with Crippen molar-refractivity contribution in [3.05, 3.63) is 59.7 Å². The summed E-state index contributed by atoms with van der Waals surface area (Å²) < 4.78 is 25.9. The van der Waals surface area contributed by atoms with Crippen LogP contribution in [0.15, 0.2) is 54.1 Å². The highest BCUT2D eigenvalue weighted by molar-refractivity contribution is 6.18. The quantitative estimate of drug-likeness (QED) is 0.192. The average Bonchev–Trinajstić information content (AvgIpc) is 3.49. The summed E-state index contributed by atoms with van der Waals surface area (Å²) in [4.78, 5) is 30.8. The molecule has 2 aliphatic heterocycles. The number of carbonyl (C=O) groups is 2. The van der Waals surface area contributed by atoms with Crippen molar-refractivity contribution in [3.63, 3.8) is 0 Å². The summed E-state index contributed by atoms with van der Waals surface area (Å²) in [6.45, 7) is 8.42. The molecular weight excluding hydrogens is 520 g/mol. The molecular formula is C30H39ClN2O6. The molecule has 1 aromatic rings. The topological polar surface area (TPSA) is 88.9 Å². The van der Waals surface area contributed by atoms with Gasteiger partial charge in [-0.05, 0) is 68.6 Å². The first kappa shape index (κ1) is 29.3. The maximum atomic E-state index is 13.4. The molecule has 0 spiro atoms. The van der Waals surface area contributed by atoms with E-state index >= 15 is 0 Å². The van der Waals surface area contributed by atoms with Gasteiger partial charge in [-0.15, -0.1) is 11.6 Å². The molecule has 0 unspecified atom stereocenters. The van der Waals surface area contributed by atoms with Crippen LogP contribution in [0.4, 0.5) is 0 Å². The molecule has 0 N–H and O–H groups in total. The van der Waals surface area contributed by atoms with E-state index in [1.807, 2.05) is 32.3 Å². The van der Waals surface area contributed by atoms with E-state index in [-0.39, 0.29) is 35.8 Å². The van der Waals surface area contributed by atoms with Crippen LogP contribution in [0.5, 0.6) is 0 Å². The van der Waals surface area contributed by atoms with Crippen LogP contribution in [-0.2, 0) is 35.6 Å². The lowest BCUT2D eigenvalue weighted by Crippen LogP contribution is -2.48. The van der Waals surface area contributed by atoms with Gasteiger partial charge in [-0.2, -0.15) is 0 Å². The number of ether oxygens (including phenoxy) is 4. The van der Waals surface area contributed by atoms with E-state index in [9.17, 15) is 9.59 Å². The van der Waals surface area contributed by atoms with Crippen molar-refractivity contribution >= 4 is 29.6 Å². The molecule has 3 aliphatic rings. The van der Waals surface area contributed by atoms with Crippen molar-refractivity contribution in [2.75, 3.05) is 19.6 Å². The van der Waals surface area contributed by atoms with E-state index in [4.69, 9.17) is 30.5 Å². The maximum Gasteiger partial charge on any atom is 0.339 e. The van der Waals surface area contributed by atoms with Crippen molar-refractivity contribution in [2.24, 2.45) is 30.7 Å². The molecule has 0 aromatic carbocycles. The number of hydrogen-bond donors (Lipinski definition) is 0. The van der Waals surface area contributed by atoms with Gasteiger partial charge >= 0.3 is 11.9 Å². The minimum Gasteiger partial charge on any atom is -0.461 e. The van der Waals surface area contributed by atoms with Gasteiger partial charge in [0.2, 0.25) is 5.79 Å². The second-order valence-corrected chi connectivity index (χ2v) is 11.5. The number of esters is 2. The molecule has 0 amide bonds. The van der Waals surface area contributed by atoms with E-state index in [1.54, 1.807) is 23.0 Å². The molecule has 212 valence electrons. The number of nitrogens with zero attached hydrogens (tertiary/aromatic N) is 2. The van der Waals surface area contributed by atoms with E-state index in [2.05, 4.69) is 31.8 Å². The Morgan fingerprint density at radius 1 is 1.33 bits per heavy atom. The number of alkyl halides is 1. The number of hydrogen-bond acceptors (Lipinski definition) is 7. The lowest BCUT2D eigenvalue weighted by molar-refractivity contribution is -0.227. The van der Waals surface area contributed by atoms with Crippen molar-refractivity contribution in [3.8, 4) is 0 Å². The van der Waals surface area contributed by atoms with Crippen LogP contribution in [0.2, 0.25) is 0 Å². The number of aryl methyl sites for hydroxylation is 1. The first-order valence-corrected chi connectivity index (χ1v) is 14.0. The van der Waals surface area contributed by atoms with E-state index in [0.717, 1.165) is 6.42 Å². The molecule has 0 saturated heterocycles. The van der Waals surface area contributed by atoms with Crippen molar-refractivity contribution in [2.45, 2.75) is 58.0 Å². The Kier molecular flexibility index (Phi) is 8.88. The molecule has 8 nitrogen and oxygen atoms in total. The van der Waals surface area contributed by atoms with Gasteiger partial charge in [0.25, 0.3) is 0 Å². The maximum absolute atomic E-state index is 13.4. The van der Waals surface area contributed by atoms with Crippen LogP contribution in [-0.4, -0.2) is 58.6 Å². The first-order valence-electron chi connectivity index (χ1n) is 13.5. The van der Waals surface area contributed by atoms with Gasteiger partial charge < -0.3 is 23.5 Å². The highest BCUT2D eigenvalue weighted by Gasteiger charge is 2.55. The third kappa shape index (κ3) is 6.08. The lowest BCUT2D eigenvalue weighted by atomic mass is 9.65. The Morgan fingerprint density at radius 2 is 2.10 bits per heavy atom. The predicted molar refractivity (Wildman–Crippen MR) is 149 cm³/mol. The number of fused-ring (bicyclic) bond motifs is 3. The Bertz CT molecular complexity index is 1200. The normalized spacial score (nSPS) is 33.5. The summed E-state index contributed by atoms with van der Waals surface area (Å²) in [5, 5.41) is 0. The number of aromatic nitrogens is 2. The molecule has 4 rings (SSSR count). The molecule has 39 heavy (non-hydrogen) atoms. The van der Waals surface area contributed by atoms with Crippen LogP contribution in [0.3, 0.4) is 0 Å². The third-order valence-corrected chi connectivity index (χ3v) is 8.32. The van der Waals surface area contributed by atoms with Crippen LogP contribution >= 0.6 is 11.6 Å². The molecule has 0 fully saturated rings. The Morgan fingerprint density at radius 3 is 2.74 bits per heavy atom. The van der Waals surface area contributed by atoms with E-state index < -0.39 is 29.4 Å². The Hall–Kier alpha value is -2.68. The van der Waals surface area contributed by atoms with Crippen LogP contribution in [0.1, 0.15) is 46.2 Å². The zero-order valence-electron chi connectivity index (χ0n) is 23.6. The zero-order chi connectivity index (χ0) is 28.4. The molecule has 1 aliphatic carbocycles. The van der Waals surface area contributed by atoms with Crippen molar-refractivity contribution < 1.29 is 28.5 Å². The summed E-state index contributed by atoms with van der Waals surface area (Å²) >= 11 is 5.83. The fraction of sp³-hybridized carbons (Fsp3) is 0.567. The molecule has 0 radical (unpaired) electrons. The summed E-state index contributed by atoms with van der Waals surface area (Å²) in [7, 11) is 3.36. The Balaban J connectivity index is 1.76. The minimum absolute atomic E-state index is 0.0154. The van der Waals surface area contributed by atoms with Crippen LogP contribution in [0, 0.1) is 23.7 Å². The van der Waals surface area contributed by atoms with Crippen molar-refractivity contribution in [1.82, 2.24) is 9.55 Å². The summed E-state index contributed by atoms with van der Waals surface area (Å²) in [6.07, 6.45) is 15.0. The monoisotopic (exact) mass is 558 g/mol. The Labute approximate surface area is 235 Å². The standard InChI is InChI=1S/C30H39ClN2O6/c1-19(2)22-9-7-20(3)23-16-26(38-27(34)10-8-21-17-33(5)18-32-21)29(4)11-12-30(36-6,39-29)25(15-24(22)23)28(35)37-14-13-31/h7-8,10-12,15,17-19,22-24,26H,9,13-14,16H2,1-6H3/b10-8+,25-15-/t22-,23+,24-,26+,29+,30-/m1/s1. The zero-order valence-corrected chi connectivity index (χ0v) is 24.3. The van der Waals surface area contributed by atoms with Gasteiger partial charge in [-0.1, -0.05) is 31.6 Å². The number of halogens is 1. The number of rotatable bonds is 8.